The van der Waals surface area contributed by atoms with Gasteiger partial charge in [0, 0.05) is 10.6 Å². The van der Waals surface area contributed by atoms with Crippen LogP contribution in [0.4, 0.5) is 0 Å². The Kier molecular flexibility index (Phi) is 5.02. The Morgan fingerprint density at radius 1 is 0.882 bits per heavy atom. The van der Waals surface area contributed by atoms with E-state index >= 15 is 0 Å². The fourth-order valence-corrected chi connectivity index (χ4v) is 3.64. The molecule has 2 heteroatoms. The fraction of sp³-hybridized carbons (Fsp3) is 0.200. The number of benzene rings is 2. The van der Waals surface area contributed by atoms with E-state index in [-0.39, 0.29) is 0 Å². The van der Waals surface area contributed by atoms with E-state index in [1.165, 1.54) is 10.5 Å². The van der Waals surface area contributed by atoms with Crippen LogP contribution in [0.1, 0.15) is 12.5 Å². The second-order valence-corrected chi connectivity index (χ2v) is 6.84. The molecule has 2 aromatic carbocycles. The maximum absolute atomic E-state index is 2.27. The second kappa shape index (κ2) is 6.77. The summed E-state index contributed by atoms with van der Waals surface area (Å²) in [6.45, 7) is 2.27. The minimum Gasteiger partial charge on any atom is -0.143 e. The first kappa shape index (κ1) is 12.6. The van der Waals surface area contributed by atoms with E-state index in [0.29, 0.717) is 4.58 Å². The predicted octanol–water partition coefficient (Wildman–Crippen LogP) is 5.06. The Labute approximate surface area is 112 Å². The first-order valence-corrected chi connectivity index (χ1v) is 7.64. The monoisotopic (exact) mass is 260 g/mol. The Balaban J connectivity index is 1.80. The van der Waals surface area contributed by atoms with E-state index < -0.39 is 0 Å². The van der Waals surface area contributed by atoms with Gasteiger partial charge in [0.2, 0.25) is 0 Å². The van der Waals surface area contributed by atoms with Crippen LogP contribution >= 0.6 is 23.5 Å². The van der Waals surface area contributed by atoms with Crippen molar-refractivity contribution in [2.75, 3.05) is 0 Å². The zero-order valence-corrected chi connectivity index (χ0v) is 11.5. The van der Waals surface area contributed by atoms with E-state index in [1.54, 1.807) is 0 Å². The van der Waals surface area contributed by atoms with E-state index in [0.717, 1.165) is 5.75 Å². The van der Waals surface area contributed by atoms with E-state index in [1.807, 2.05) is 23.5 Å². The lowest BCUT2D eigenvalue weighted by Gasteiger charge is -2.10. The van der Waals surface area contributed by atoms with E-state index in [2.05, 4.69) is 67.6 Å². The highest BCUT2D eigenvalue weighted by atomic mass is 32.2. The van der Waals surface area contributed by atoms with Gasteiger partial charge < -0.3 is 0 Å². The van der Waals surface area contributed by atoms with Crippen molar-refractivity contribution in [3.63, 3.8) is 0 Å². The molecular weight excluding hydrogens is 244 g/mol. The van der Waals surface area contributed by atoms with Gasteiger partial charge in [-0.1, -0.05) is 48.5 Å². The lowest BCUT2D eigenvalue weighted by Crippen LogP contribution is -1.90. The zero-order valence-electron chi connectivity index (χ0n) is 9.87. The average molecular weight is 260 g/mol. The molecule has 0 radical (unpaired) electrons. The van der Waals surface area contributed by atoms with Crippen LogP contribution in [0.15, 0.2) is 65.6 Å². The van der Waals surface area contributed by atoms with Crippen molar-refractivity contribution in [2.45, 2.75) is 22.2 Å². The molecule has 2 rings (SSSR count). The molecule has 88 valence electrons. The third kappa shape index (κ3) is 4.49. The third-order valence-corrected chi connectivity index (χ3v) is 4.92. The van der Waals surface area contributed by atoms with Crippen molar-refractivity contribution in [3.8, 4) is 0 Å². The van der Waals surface area contributed by atoms with Crippen molar-refractivity contribution >= 4 is 23.5 Å². The summed E-state index contributed by atoms with van der Waals surface area (Å²) in [6, 6.07) is 21.2. The van der Waals surface area contributed by atoms with Crippen LogP contribution in [0.5, 0.6) is 0 Å². The summed E-state index contributed by atoms with van der Waals surface area (Å²) < 4.78 is 0.581. The summed E-state index contributed by atoms with van der Waals surface area (Å²) in [4.78, 5) is 1.35. The predicted molar refractivity (Wildman–Crippen MR) is 79.5 cm³/mol. The van der Waals surface area contributed by atoms with Gasteiger partial charge in [-0.3, -0.25) is 0 Å². The lowest BCUT2D eigenvalue weighted by atomic mass is 10.2. The fourth-order valence-electron chi connectivity index (χ4n) is 1.51. The second-order valence-electron chi connectivity index (χ2n) is 3.80. The Morgan fingerprint density at radius 3 is 2.12 bits per heavy atom. The van der Waals surface area contributed by atoms with E-state index in [9.17, 15) is 0 Å². The molecule has 17 heavy (non-hydrogen) atoms. The molecule has 0 saturated carbocycles. The van der Waals surface area contributed by atoms with Crippen LogP contribution in [-0.4, -0.2) is 4.58 Å². The molecule has 0 nitrogen and oxygen atoms in total. The van der Waals surface area contributed by atoms with Gasteiger partial charge in [-0.05, 0) is 24.6 Å². The molecule has 2 aromatic rings. The highest BCUT2D eigenvalue weighted by Gasteiger charge is 2.04. The molecule has 0 heterocycles. The minimum atomic E-state index is 0.581. The minimum absolute atomic E-state index is 0.581. The molecule has 0 aliphatic carbocycles. The number of rotatable bonds is 5. The van der Waals surface area contributed by atoms with Gasteiger partial charge in [0.25, 0.3) is 0 Å². The quantitative estimate of drug-likeness (QED) is 0.544. The SMILES string of the molecule is CC(SCc1ccccc1)Sc1ccccc1. The molecule has 0 aliphatic rings. The summed E-state index contributed by atoms with van der Waals surface area (Å²) in [7, 11) is 0. The van der Waals surface area contributed by atoms with Gasteiger partial charge in [0.05, 0.1) is 4.58 Å². The van der Waals surface area contributed by atoms with Crippen LogP contribution in [0.25, 0.3) is 0 Å². The standard InChI is InChI=1S/C15H16S2/c1-13(17-15-10-6-3-7-11-15)16-12-14-8-4-2-5-9-14/h2-11,13H,12H2,1H3. The van der Waals surface area contributed by atoms with Gasteiger partial charge in [-0.25, -0.2) is 0 Å². The topological polar surface area (TPSA) is 0 Å². The lowest BCUT2D eigenvalue weighted by molar-refractivity contribution is 1.34. The summed E-state index contributed by atoms with van der Waals surface area (Å²) in [5.41, 5.74) is 1.40. The van der Waals surface area contributed by atoms with Crippen molar-refractivity contribution in [1.82, 2.24) is 0 Å². The van der Waals surface area contributed by atoms with Crippen molar-refractivity contribution in [3.05, 3.63) is 66.2 Å². The number of hydrogen-bond donors (Lipinski definition) is 0. The molecule has 0 aliphatic heterocycles. The van der Waals surface area contributed by atoms with Crippen LogP contribution < -0.4 is 0 Å². The number of thioether (sulfide) groups is 2. The van der Waals surface area contributed by atoms with Gasteiger partial charge in [0.15, 0.2) is 0 Å². The zero-order chi connectivity index (χ0) is 11.9. The Morgan fingerprint density at radius 2 is 1.47 bits per heavy atom. The van der Waals surface area contributed by atoms with Gasteiger partial charge in [0.1, 0.15) is 0 Å². The van der Waals surface area contributed by atoms with Crippen LogP contribution in [0.3, 0.4) is 0 Å². The first-order valence-electron chi connectivity index (χ1n) is 5.72. The Hall–Kier alpha value is -0.860. The Bertz CT molecular complexity index is 425. The third-order valence-electron chi connectivity index (χ3n) is 2.37. The highest BCUT2D eigenvalue weighted by Crippen LogP contribution is 2.31. The summed E-state index contributed by atoms with van der Waals surface area (Å²) in [6.07, 6.45) is 0. The summed E-state index contributed by atoms with van der Waals surface area (Å²) >= 11 is 3.91. The van der Waals surface area contributed by atoms with Crippen LogP contribution in [0, 0.1) is 0 Å². The van der Waals surface area contributed by atoms with Crippen molar-refractivity contribution in [1.29, 1.82) is 0 Å². The summed E-state index contributed by atoms with van der Waals surface area (Å²) in [5, 5.41) is 0. The van der Waals surface area contributed by atoms with Gasteiger partial charge in [-0.15, -0.1) is 23.5 Å². The van der Waals surface area contributed by atoms with Crippen LogP contribution in [-0.2, 0) is 5.75 Å². The molecule has 0 amide bonds. The molecule has 0 N–H and O–H groups in total. The maximum atomic E-state index is 2.27. The molecule has 1 unspecified atom stereocenters. The van der Waals surface area contributed by atoms with E-state index in [4.69, 9.17) is 0 Å². The smallest absolute Gasteiger partial charge is 0.0524 e. The molecule has 1 atom stereocenters. The average Bonchev–Trinajstić information content (AvgIpc) is 2.39. The van der Waals surface area contributed by atoms with Crippen molar-refractivity contribution in [2.24, 2.45) is 0 Å². The maximum Gasteiger partial charge on any atom is 0.0524 e. The molecular formula is C15H16S2. The molecule has 0 fully saturated rings. The van der Waals surface area contributed by atoms with Gasteiger partial charge >= 0.3 is 0 Å². The largest absolute Gasteiger partial charge is 0.143 e. The molecule has 0 spiro atoms. The summed E-state index contributed by atoms with van der Waals surface area (Å²) in [5.74, 6) is 1.09. The normalized spacial score (nSPS) is 12.3. The number of hydrogen-bond acceptors (Lipinski definition) is 2. The van der Waals surface area contributed by atoms with Crippen molar-refractivity contribution < 1.29 is 0 Å². The molecule has 0 aromatic heterocycles. The van der Waals surface area contributed by atoms with Crippen LogP contribution in [0.2, 0.25) is 0 Å². The van der Waals surface area contributed by atoms with Gasteiger partial charge in [-0.2, -0.15) is 0 Å². The first-order chi connectivity index (χ1) is 8.34. The molecule has 0 saturated heterocycles. The highest BCUT2D eigenvalue weighted by molar-refractivity contribution is 8.16. The molecule has 0 bridgehead atoms.